The summed E-state index contributed by atoms with van der Waals surface area (Å²) in [7, 11) is 0. The highest BCUT2D eigenvalue weighted by Crippen LogP contribution is 2.39. The van der Waals surface area contributed by atoms with Crippen LogP contribution in [0.4, 0.5) is 0 Å². The van der Waals surface area contributed by atoms with Crippen LogP contribution in [0.1, 0.15) is 38.1 Å². The zero-order valence-electron chi connectivity index (χ0n) is 12.9. The highest BCUT2D eigenvalue weighted by Gasteiger charge is 2.25. The lowest BCUT2D eigenvalue weighted by Gasteiger charge is -2.23. The molecule has 7 heteroatoms. The van der Waals surface area contributed by atoms with E-state index in [4.69, 9.17) is 25.8 Å². The smallest absolute Gasteiger partial charge is 0.339 e. The lowest BCUT2D eigenvalue weighted by atomic mass is 10.1. The summed E-state index contributed by atoms with van der Waals surface area (Å²) in [5.41, 5.74) is -0.204. The van der Waals surface area contributed by atoms with Gasteiger partial charge in [0.15, 0.2) is 17.6 Å². The number of carbonyl (C=O) groups is 2. The van der Waals surface area contributed by atoms with E-state index in [1.54, 1.807) is 0 Å². The molecule has 0 bridgehead atoms. The Bertz CT molecular complexity index is 609. The van der Waals surface area contributed by atoms with Crippen LogP contribution in [0.5, 0.6) is 11.5 Å². The Balaban J connectivity index is 2.06. The van der Waals surface area contributed by atoms with Crippen LogP contribution < -0.4 is 14.8 Å². The second-order valence-corrected chi connectivity index (χ2v) is 6.39. The quantitative estimate of drug-likeness (QED) is 0.864. The average molecular weight is 328 g/mol. The van der Waals surface area contributed by atoms with Gasteiger partial charge in [-0.2, -0.15) is 0 Å². The van der Waals surface area contributed by atoms with Gasteiger partial charge in [-0.05, 0) is 39.8 Å². The fraction of sp³-hybridized carbons (Fsp3) is 0.467. The molecule has 0 unspecified atom stereocenters. The Kier molecular flexibility index (Phi) is 4.51. The molecule has 2 rings (SSSR count). The van der Waals surface area contributed by atoms with Gasteiger partial charge in [0.05, 0.1) is 10.6 Å². The van der Waals surface area contributed by atoms with Crippen LogP contribution in [-0.4, -0.2) is 30.3 Å². The molecule has 0 saturated heterocycles. The van der Waals surface area contributed by atoms with Gasteiger partial charge in [-0.1, -0.05) is 11.6 Å². The lowest BCUT2D eigenvalue weighted by molar-refractivity contribution is -0.130. The number of esters is 1. The molecule has 6 nitrogen and oxygen atoms in total. The third-order valence-corrected chi connectivity index (χ3v) is 3.09. The van der Waals surface area contributed by atoms with Crippen LogP contribution in [0.2, 0.25) is 5.02 Å². The zero-order chi connectivity index (χ0) is 16.5. The van der Waals surface area contributed by atoms with E-state index in [2.05, 4.69) is 5.32 Å². The summed E-state index contributed by atoms with van der Waals surface area (Å²) in [6.45, 7) is 7.09. The van der Waals surface area contributed by atoms with Crippen molar-refractivity contribution in [1.82, 2.24) is 5.32 Å². The van der Waals surface area contributed by atoms with Crippen molar-refractivity contribution < 1.29 is 23.8 Å². The van der Waals surface area contributed by atoms with Gasteiger partial charge in [-0.3, -0.25) is 4.79 Å². The highest BCUT2D eigenvalue weighted by molar-refractivity contribution is 6.32. The number of hydrogen-bond donors (Lipinski definition) is 1. The molecule has 0 aliphatic carbocycles. The Morgan fingerprint density at radius 2 is 2.00 bits per heavy atom. The van der Waals surface area contributed by atoms with E-state index >= 15 is 0 Å². The topological polar surface area (TPSA) is 73.9 Å². The summed E-state index contributed by atoms with van der Waals surface area (Å²) < 4.78 is 15.5. The van der Waals surface area contributed by atoms with E-state index < -0.39 is 17.6 Å². The molecular formula is C15H18ClNO5. The van der Waals surface area contributed by atoms with Gasteiger partial charge in [0.2, 0.25) is 6.79 Å². The van der Waals surface area contributed by atoms with Gasteiger partial charge in [-0.15, -0.1) is 0 Å². The third-order valence-electron chi connectivity index (χ3n) is 2.81. The number of benzene rings is 1. The standard InChI is InChI=1S/C15H18ClNO5/c1-8(13(18)17-15(2,3)4)22-14(19)9-5-10(16)12-11(6-9)20-7-21-12/h5-6,8H,7H2,1-4H3,(H,17,18)/t8-/m1/s1. The van der Waals surface area contributed by atoms with Crippen LogP contribution in [0.3, 0.4) is 0 Å². The molecular weight excluding hydrogens is 310 g/mol. The summed E-state index contributed by atoms with van der Waals surface area (Å²) >= 11 is 6.01. The van der Waals surface area contributed by atoms with Gasteiger partial charge >= 0.3 is 5.97 Å². The molecule has 1 N–H and O–H groups in total. The van der Waals surface area contributed by atoms with E-state index in [-0.39, 0.29) is 23.3 Å². The second kappa shape index (κ2) is 6.04. The van der Waals surface area contributed by atoms with Crippen molar-refractivity contribution in [2.24, 2.45) is 0 Å². The molecule has 1 aliphatic rings. The first-order chi connectivity index (χ1) is 10.2. The SMILES string of the molecule is C[C@@H](OC(=O)c1cc(Cl)c2c(c1)OCO2)C(=O)NC(C)(C)C. The van der Waals surface area contributed by atoms with Crippen LogP contribution in [0.25, 0.3) is 0 Å². The maximum absolute atomic E-state index is 12.1. The minimum Gasteiger partial charge on any atom is -0.454 e. The largest absolute Gasteiger partial charge is 0.454 e. The second-order valence-electron chi connectivity index (χ2n) is 5.98. The normalized spacial score (nSPS) is 14.4. The number of carbonyl (C=O) groups excluding carboxylic acids is 2. The van der Waals surface area contributed by atoms with Crippen LogP contribution in [0.15, 0.2) is 12.1 Å². The van der Waals surface area contributed by atoms with Crippen molar-refractivity contribution in [1.29, 1.82) is 0 Å². The predicted molar refractivity (Wildman–Crippen MR) is 80.3 cm³/mol. The highest BCUT2D eigenvalue weighted by atomic mass is 35.5. The van der Waals surface area contributed by atoms with E-state index in [1.165, 1.54) is 19.1 Å². The molecule has 0 saturated carbocycles. The molecule has 22 heavy (non-hydrogen) atoms. The molecule has 0 fully saturated rings. The van der Waals surface area contributed by atoms with E-state index in [0.29, 0.717) is 11.5 Å². The van der Waals surface area contributed by atoms with E-state index in [9.17, 15) is 9.59 Å². The first kappa shape index (κ1) is 16.4. The number of rotatable bonds is 3. The Morgan fingerprint density at radius 1 is 1.32 bits per heavy atom. The molecule has 120 valence electrons. The fourth-order valence-electron chi connectivity index (χ4n) is 1.84. The van der Waals surface area contributed by atoms with Crippen molar-refractivity contribution in [3.8, 4) is 11.5 Å². The summed E-state index contributed by atoms with van der Waals surface area (Å²) in [5.74, 6) is -0.243. The van der Waals surface area contributed by atoms with Crippen LogP contribution in [0, 0.1) is 0 Å². The maximum atomic E-state index is 12.1. The fourth-order valence-corrected chi connectivity index (χ4v) is 2.10. The molecule has 0 radical (unpaired) electrons. The van der Waals surface area contributed by atoms with Crippen molar-refractivity contribution >= 4 is 23.5 Å². The molecule has 0 spiro atoms. The van der Waals surface area contributed by atoms with E-state index in [1.807, 2.05) is 20.8 Å². The van der Waals surface area contributed by atoms with Crippen molar-refractivity contribution in [2.45, 2.75) is 39.3 Å². The Labute approximate surface area is 133 Å². The van der Waals surface area contributed by atoms with Gasteiger partial charge in [0.25, 0.3) is 5.91 Å². The zero-order valence-corrected chi connectivity index (χ0v) is 13.6. The monoisotopic (exact) mass is 327 g/mol. The number of hydrogen-bond acceptors (Lipinski definition) is 5. The number of halogens is 1. The number of ether oxygens (including phenoxy) is 3. The number of nitrogens with one attached hydrogen (secondary N) is 1. The van der Waals surface area contributed by atoms with Gasteiger partial charge in [0.1, 0.15) is 0 Å². The van der Waals surface area contributed by atoms with Crippen LogP contribution in [-0.2, 0) is 9.53 Å². The maximum Gasteiger partial charge on any atom is 0.339 e. The summed E-state index contributed by atoms with van der Waals surface area (Å²) in [5, 5.41) is 3.00. The first-order valence-electron chi connectivity index (χ1n) is 6.79. The lowest BCUT2D eigenvalue weighted by Crippen LogP contribution is -2.46. The predicted octanol–water partition coefficient (Wildman–Crippen LogP) is 2.53. The van der Waals surface area contributed by atoms with Gasteiger partial charge in [-0.25, -0.2) is 4.79 Å². The average Bonchev–Trinajstić information content (AvgIpc) is 2.85. The van der Waals surface area contributed by atoms with Gasteiger partial charge < -0.3 is 19.5 Å². The van der Waals surface area contributed by atoms with E-state index in [0.717, 1.165) is 0 Å². The Morgan fingerprint density at radius 3 is 2.64 bits per heavy atom. The summed E-state index contributed by atoms with van der Waals surface area (Å²) in [4.78, 5) is 24.0. The number of amides is 1. The third kappa shape index (κ3) is 3.82. The molecule has 1 heterocycles. The van der Waals surface area contributed by atoms with Crippen LogP contribution >= 0.6 is 11.6 Å². The number of fused-ring (bicyclic) bond motifs is 1. The Hall–Kier alpha value is -1.95. The minimum absolute atomic E-state index is 0.0535. The summed E-state index contributed by atoms with van der Waals surface area (Å²) in [6.07, 6.45) is -0.920. The van der Waals surface area contributed by atoms with Gasteiger partial charge in [0, 0.05) is 5.54 Å². The van der Waals surface area contributed by atoms with Crippen molar-refractivity contribution in [2.75, 3.05) is 6.79 Å². The molecule has 0 aromatic heterocycles. The summed E-state index contributed by atoms with van der Waals surface area (Å²) in [6, 6.07) is 2.90. The molecule has 1 amide bonds. The minimum atomic E-state index is -0.920. The first-order valence-corrected chi connectivity index (χ1v) is 7.17. The molecule has 1 aliphatic heterocycles. The van der Waals surface area contributed by atoms with Crippen molar-refractivity contribution in [3.05, 3.63) is 22.7 Å². The molecule has 1 aromatic carbocycles. The molecule has 1 aromatic rings. The van der Waals surface area contributed by atoms with Crippen molar-refractivity contribution in [3.63, 3.8) is 0 Å². The molecule has 1 atom stereocenters.